The number of nitrogens with zero attached hydrogens (tertiary/aromatic N) is 4. The van der Waals surface area contributed by atoms with Crippen molar-refractivity contribution in [3.63, 3.8) is 0 Å². The molecule has 0 saturated heterocycles. The molecule has 0 fully saturated rings. The Labute approximate surface area is 163 Å². The molecule has 5 nitrogen and oxygen atoms in total. The van der Waals surface area contributed by atoms with E-state index in [9.17, 15) is 13.2 Å². The molecule has 9 heteroatoms. The second-order valence-corrected chi connectivity index (χ2v) is 6.51. The van der Waals surface area contributed by atoms with Gasteiger partial charge in [-0.05, 0) is 6.07 Å². The average Bonchev–Trinajstić information content (AvgIpc) is 3.29. The van der Waals surface area contributed by atoms with E-state index in [2.05, 4.69) is 26.7 Å². The predicted molar refractivity (Wildman–Crippen MR) is 100 cm³/mol. The quantitative estimate of drug-likeness (QED) is 0.523. The van der Waals surface area contributed by atoms with Gasteiger partial charge >= 0.3 is 6.18 Å². The van der Waals surface area contributed by atoms with Gasteiger partial charge in [-0.25, -0.2) is 4.98 Å². The van der Waals surface area contributed by atoms with Crippen LogP contribution in [0.3, 0.4) is 0 Å². The molecular weight excluding hydrogens is 389 g/mol. The van der Waals surface area contributed by atoms with Crippen molar-refractivity contribution in [3.05, 3.63) is 77.7 Å². The standard InChI is InChI=1S/C19H15F3N4OS/c1-3-5-13(6-4-7-17-24-12(2)27-26-17)16-11-28-18(25-16)14-10-23-9-8-15(14)19(20,21)22/h3-6,8-11H,1,7H2,2H3/b6-4-,13-5+. The first-order valence-electron chi connectivity index (χ1n) is 8.14. The molecule has 3 aromatic rings. The van der Waals surface area contributed by atoms with Gasteiger partial charge in [-0.3, -0.25) is 4.98 Å². The minimum atomic E-state index is -4.48. The Morgan fingerprint density at radius 1 is 1.32 bits per heavy atom. The minimum Gasteiger partial charge on any atom is -0.340 e. The van der Waals surface area contributed by atoms with Crippen LogP contribution in [0.15, 0.2) is 59.2 Å². The Balaban J connectivity index is 1.86. The Bertz CT molecular complexity index is 1030. The summed E-state index contributed by atoms with van der Waals surface area (Å²) in [6, 6.07) is 0.948. The summed E-state index contributed by atoms with van der Waals surface area (Å²) in [7, 11) is 0. The summed E-state index contributed by atoms with van der Waals surface area (Å²) in [4.78, 5) is 12.3. The van der Waals surface area contributed by atoms with Crippen molar-refractivity contribution in [1.82, 2.24) is 20.1 Å². The number of alkyl halides is 3. The van der Waals surface area contributed by atoms with Crippen molar-refractivity contribution in [2.75, 3.05) is 0 Å². The van der Waals surface area contributed by atoms with Gasteiger partial charge in [0.1, 0.15) is 5.01 Å². The maximum absolute atomic E-state index is 13.2. The molecule has 0 aliphatic carbocycles. The molecule has 3 aromatic heterocycles. The third kappa shape index (κ3) is 4.61. The lowest BCUT2D eigenvalue weighted by Gasteiger charge is -2.09. The third-order valence-corrected chi connectivity index (χ3v) is 4.50. The van der Waals surface area contributed by atoms with E-state index < -0.39 is 11.7 Å². The molecule has 0 saturated carbocycles. The Morgan fingerprint density at radius 2 is 2.14 bits per heavy atom. The number of thiazole rings is 1. The van der Waals surface area contributed by atoms with Crippen LogP contribution >= 0.6 is 11.3 Å². The number of rotatable bonds is 6. The molecular formula is C19H15F3N4OS. The van der Waals surface area contributed by atoms with Crippen molar-refractivity contribution in [2.24, 2.45) is 0 Å². The number of allylic oxidation sites excluding steroid dienone is 5. The van der Waals surface area contributed by atoms with Gasteiger partial charge in [-0.2, -0.15) is 18.2 Å². The van der Waals surface area contributed by atoms with Gasteiger partial charge in [-0.15, -0.1) is 11.3 Å². The smallest absolute Gasteiger partial charge is 0.340 e. The van der Waals surface area contributed by atoms with Gasteiger partial charge in [0.15, 0.2) is 5.82 Å². The van der Waals surface area contributed by atoms with Crippen LogP contribution < -0.4 is 0 Å². The summed E-state index contributed by atoms with van der Waals surface area (Å²) >= 11 is 1.12. The van der Waals surface area contributed by atoms with Crippen LogP contribution in [0, 0.1) is 6.92 Å². The molecule has 3 heterocycles. The fraction of sp³-hybridized carbons (Fsp3) is 0.158. The number of halogens is 3. The zero-order valence-corrected chi connectivity index (χ0v) is 15.6. The number of pyridine rings is 1. The van der Waals surface area contributed by atoms with Crippen molar-refractivity contribution in [1.29, 1.82) is 0 Å². The fourth-order valence-corrected chi connectivity index (χ4v) is 3.26. The zero-order valence-electron chi connectivity index (χ0n) is 14.8. The number of hydrogen-bond acceptors (Lipinski definition) is 6. The molecule has 0 atom stereocenters. The van der Waals surface area contributed by atoms with Gasteiger partial charge in [0, 0.05) is 42.3 Å². The van der Waals surface area contributed by atoms with Crippen LogP contribution in [0.2, 0.25) is 0 Å². The predicted octanol–water partition coefficient (Wildman–Crippen LogP) is 5.28. The monoisotopic (exact) mass is 404 g/mol. The first-order chi connectivity index (χ1) is 13.4. The maximum atomic E-state index is 13.2. The highest BCUT2D eigenvalue weighted by Crippen LogP contribution is 2.38. The van der Waals surface area contributed by atoms with E-state index in [4.69, 9.17) is 4.52 Å². The van der Waals surface area contributed by atoms with Crippen LogP contribution in [0.5, 0.6) is 0 Å². The Hall–Kier alpha value is -3.07. The van der Waals surface area contributed by atoms with Gasteiger partial charge in [0.25, 0.3) is 0 Å². The molecule has 28 heavy (non-hydrogen) atoms. The van der Waals surface area contributed by atoms with E-state index in [1.54, 1.807) is 30.5 Å². The van der Waals surface area contributed by atoms with Crippen LogP contribution in [0.4, 0.5) is 13.2 Å². The molecule has 0 unspecified atom stereocenters. The molecule has 0 aliphatic rings. The van der Waals surface area contributed by atoms with E-state index in [0.29, 0.717) is 29.4 Å². The summed E-state index contributed by atoms with van der Waals surface area (Å²) in [5, 5.41) is 5.74. The topological polar surface area (TPSA) is 64.7 Å². The van der Waals surface area contributed by atoms with E-state index in [1.165, 1.54) is 6.20 Å². The summed E-state index contributed by atoms with van der Waals surface area (Å²) in [6.45, 7) is 5.38. The van der Waals surface area contributed by atoms with Crippen molar-refractivity contribution < 1.29 is 17.7 Å². The Kier molecular flexibility index (Phi) is 5.84. The van der Waals surface area contributed by atoms with E-state index >= 15 is 0 Å². The van der Waals surface area contributed by atoms with Crippen LogP contribution in [0.1, 0.15) is 23.0 Å². The SMILES string of the molecule is C=C/C=C(\C=C/Cc1noc(C)n1)c1csc(-c2cnccc2C(F)(F)F)n1. The van der Waals surface area contributed by atoms with Crippen LogP contribution in [0.25, 0.3) is 16.1 Å². The van der Waals surface area contributed by atoms with Crippen molar-refractivity contribution in [2.45, 2.75) is 19.5 Å². The highest BCUT2D eigenvalue weighted by molar-refractivity contribution is 7.13. The number of hydrogen-bond donors (Lipinski definition) is 0. The van der Waals surface area contributed by atoms with Gasteiger partial charge in [0.2, 0.25) is 5.89 Å². The van der Waals surface area contributed by atoms with Crippen molar-refractivity contribution in [3.8, 4) is 10.6 Å². The Morgan fingerprint density at radius 3 is 2.82 bits per heavy atom. The first kappa shape index (κ1) is 19.7. The number of aryl methyl sites for hydroxylation is 1. The lowest BCUT2D eigenvalue weighted by Crippen LogP contribution is -2.07. The summed E-state index contributed by atoms with van der Waals surface area (Å²) in [6.07, 6.45) is 5.19. The third-order valence-electron chi connectivity index (χ3n) is 3.62. The molecule has 3 rings (SSSR count). The summed E-state index contributed by atoms with van der Waals surface area (Å²) in [5.41, 5.74) is 0.434. The molecule has 144 valence electrons. The lowest BCUT2D eigenvalue weighted by molar-refractivity contribution is -0.137. The molecule has 0 bridgehead atoms. The van der Waals surface area contributed by atoms with E-state index in [0.717, 1.165) is 23.6 Å². The number of aromatic nitrogens is 4. The first-order valence-corrected chi connectivity index (χ1v) is 9.02. The molecule has 0 aliphatic heterocycles. The van der Waals surface area contributed by atoms with E-state index in [-0.39, 0.29) is 10.6 Å². The second-order valence-electron chi connectivity index (χ2n) is 5.65. The molecule has 0 aromatic carbocycles. The van der Waals surface area contributed by atoms with Crippen LogP contribution in [-0.2, 0) is 12.6 Å². The highest BCUT2D eigenvalue weighted by Gasteiger charge is 2.34. The minimum absolute atomic E-state index is 0.0459. The van der Waals surface area contributed by atoms with E-state index in [1.807, 2.05) is 6.08 Å². The zero-order chi connectivity index (χ0) is 20.1. The summed E-state index contributed by atoms with van der Waals surface area (Å²) < 4.78 is 44.6. The van der Waals surface area contributed by atoms with Gasteiger partial charge < -0.3 is 4.52 Å². The molecule has 0 spiro atoms. The maximum Gasteiger partial charge on any atom is 0.417 e. The largest absolute Gasteiger partial charge is 0.417 e. The fourth-order valence-electron chi connectivity index (χ4n) is 2.41. The average molecular weight is 404 g/mol. The van der Waals surface area contributed by atoms with Crippen molar-refractivity contribution >= 4 is 16.9 Å². The highest BCUT2D eigenvalue weighted by atomic mass is 32.1. The van der Waals surface area contributed by atoms with Crippen LogP contribution in [-0.4, -0.2) is 20.1 Å². The van der Waals surface area contributed by atoms with Gasteiger partial charge in [0.05, 0.1) is 11.3 Å². The molecule has 0 amide bonds. The molecule has 0 radical (unpaired) electrons. The summed E-state index contributed by atoms with van der Waals surface area (Å²) in [5.74, 6) is 1.02. The molecule has 0 N–H and O–H groups in total. The lowest BCUT2D eigenvalue weighted by atomic mass is 10.1. The van der Waals surface area contributed by atoms with Gasteiger partial charge in [-0.1, -0.05) is 36.0 Å². The second kappa shape index (κ2) is 8.30. The normalized spacial score (nSPS) is 12.6.